The van der Waals surface area contributed by atoms with Crippen LogP contribution in [0.3, 0.4) is 0 Å². The van der Waals surface area contributed by atoms with Crippen molar-refractivity contribution in [1.29, 1.82) is 0 Å². The first-order chi connectivity index (χ1) is 25.8. The summed E-state index contributed by atoms with van der Waals surface area (Å²) in [6, 6.07) is 62.4. The first-order valence-corrected chi connectivity index (χ1v) is 18.3. The highest BCUT2D eigenvalue weighted by molar-refractivity contribution is 7.25. The highest BCUT2D eigenvalue weighted by atomic mass is 32.1. The van der Waals surface area contributed by atoms with Crippen LogP contribution < -0.4 is 4.90 Å². The smallest absolute Gasteiger partial charge is 0.145 e. The van der Waals surface area contributed by atoms with Crippen LogP contribution in [0.2, 0.25) is 0 Å². The lowest BCUT2D eigenvalue weighted by atomic mass is 9.99. The second kappa shape index (κ2) is 11.5. The van der Waals surface area contributed by atoms with Crippen LogP contribution in [0.15, 0.2) is 185 Å². The van der Waals surface area contributed by atoms with Gasteiger partial charge in [-0.15, -0.1) is 11.3 Å². The molecular formula is C48H29NO2S. The van der Waals surface area contributed by atoms with Gasteiger partial charge in [0.15, 0.2) is 0 Å². The van der Waals surface area contributed by atoms with E-state index >= 15 is 0 Å². The van der Waals surface area contributed by atoms with Crippen molar-refractivity contribution in [1.82, 2.24) is 0 Å². The third-order valence-electron chi connectivity index (χ3n) is 10.3. The molecule has 3 nitrogen and oxygen atoms in total. The third kappa shape index (κ3) is 4.45. The average molecular weight is 684 g/mol. The monoisotopic (exact) mass is 683 g/mol. The Kier molecular flexibility index (Phi) is 6.42. The van der Waals surface area contributed by atoms with E-state index in [4.69, 9.17) is 8.83 Å². The number of nitrogens with zero attached hydrogens (tertiary/aromatic N) is 1. The number of fused-ring (bicyclic) bond motifs is 9. The van der Waals surface area contributed by atoms with Crippen LogP contribution in [-0.4, -0.2) is 0 Å². The Morgan fingerprint density at radius 3 is 1.79 bits per heavy atom. The van der Waals surface area contributed by atoms with Crippen LogP contribution in [0, 0.1) is 0 Å². The minimum Gasteiger partial charge on any atom is -0.455 e. The summed E-state index contributed by atoms with van der Waals surface area (Å²) < 4.78 is 15.9. The molecule has 11 rings (SSSR count). The molecule has 3 heterocycles. The molecule has 0 radical (unpaired) electrons. The van der Waals surface area contributed by atoms with Crippen molar-refractivity contribution in [2.24, 2.45) is 0 Å². The number of benzene rings is 8. The van der Waals surface area contributed by atoms with Crippen molar-refractivity contribution >= 4 is 92.4 Å². The second-order valence-corrected chi connectivity index (χ2v) is 14.3. The zero-order chi connectivity index (χ0) is 34.2. The van der Waals surface area contributed by atoms with Gasteiger partial charge in [0.1, 0.15) is 22.3 Å². The van der Waals surface area contributed by atoms with E-state index in [0.29, 0.717) is 0 Å². The summed E-state index contributed by atoms with van der Waals surface area (Å²) in [5.74, 6) is 0. The predicted molar refractivity (Wildman–Crippen MR) is 219 cm³/mol. The lowest BCUT2D eigenvalue weighted by molar-refractivity contribution is 0.669. The van der Waals surface area contributed by atoms with E-state index in [1.807, 2.05) is 23.5 Å². The van der Waals surface area contributed by atoms with Crippen LogP contribution >= 0.6 is 11.3 Å². The normalized spacial score (nSPS) is 11.8. The molecule has 0 saturated carbocycles. The molecule has 0 saturated heterocycles. The van der Waals surface area contributed by atoms with Crippen LogP contribution in [-0.2, 0) is 0 Å². The third-order valence-corrected chi connectivity index (χ3v) is 11.4. The quantitative estimate of drug-likeness (QED) is 0.181. The van der Waals surface area contributed by atoms with Crippen LogP contribution in [0.5, 0.6) is 0 Å². The molecule has 0 aliphatic carbocycles. The van der Waals surface area contributed by atoms with Crippen molar-refractivity contribution in [3.05, 3.63) is 176 Å². The Morgan fingerprint density at radius 1 is 0.385 bits per heavy atom. The molecule has 0 spiro atoms. The van der Waals surface area contributed by atoms with Gasteiger partial charge in [0.2, 0.25) is 0 Å². The Labute approximate surface area is 303 Å². The van der Waals surface area contributed by atoms with Gasteiger partial charge in [0, 0.05) is 58.8 Å². The van der Waals surface area contributed by atoms with E-state index in [0.717, 1.165) is 83.2 Å². The first-order valence-electron chi connectivity index (χ1n) is 17.5. The molecule has 52 heavy (non-hydrogen) atoms. The number of furan rings is 2. The fraction of sp³-hybridized carbons (Fsp3) is 0. The van der Waals surface area contributed by atoms with Gasteiger partial charge in [-0.2, -0.15) is 0 Å². The van der Waals surface area contributed by atoms with E-state index in [9.17, 15) is 0 Å². The summed E-state index contributed by atoms with van der Waals surface area (Å²) in [5.41, 5.74) is 11.1. The molecule has 0 aliphatic rings. The van der Waals surface area contributed by atoms with Crippen LogP contribution in [0.4, 0.5) is 17.1 Å². The van der Waals surface area contributed by atoms with Crippen LogP contribution in [0.1, 0.15) is 0 Å². The van der Waals surface area contributed by atoms with E-state index in [-0.39, 0.29) is 0 Å². The van der Waals surface area contributed by atoms with Gasteiger partial charge < -0.3 is 13.7 Å². The fourth-order valence-corrected chi connectivity index (χ4v) is 8.98. The van der Waals surface area contributed by atoms with Gasteiger partial charge in [-0.25, -0.2) is 0 Å². The average Bonchev–Trinajstić information content (AvgIpc) is 3.90. The minimum absolute atomic E-state index is 0.861. The molecule has 0 fully saturated rings. The predicted octanol–water partition coefficient (Wildman–Crippen LogP) is 14.7. The van der Waals surface area contributed by atoms with Gasteiger partial charge >= 0.3 is 0 Å². The molecule has 8 aromatic carbocycles. The minimum atomic E-state index is 0.861. The van der Waals surface area contributed by atoms with Gasteiger partial charge in [0.25, 0.3) is 0 Å². The van der Waals surface area contributed by atoms with E-state index in [1.165, 1.54) is 20.2 Å². The standard InChI is InChI=1S/C48H29NO2S/c1-3-12-30(13-4-1)34-18-11-19-37-39-28-32(22-26-43(39)50-47(34)37)49(33-23-27-45-40(29-33)36-16-8-10-21-44(36)52-45)41-25-24-35(31-14-5-2-6-15-31)48-46(41)38-17-7-9-20-42(38)51-48/h1-29H. The highest BCUT2D eigenvalue weighted by Crippen LogP contribution is 2.48. The van der Waals surface area contributed by atoms with Crippen LogP contribution in [0.25, 0.3) is 86.3 Å². The molecule has 0 aliphatic heterocycles. The number of hydrogen-bond donors (Lipinski definition) is 0. The molecular weight excluding hydrogens is 655 g/mol. The van der Waals surface area contributed by atoms with Crippen molar-refractivity contribution in [3.8, 4) is 22.3 Å². The summed E-state index contributed by atoms with van der Waals surface area (Å²) in [4.78, 5) is 2.39. The zero-order valence-corrected chi connectivity index (χ0v) is 28.7. The number of rotatable bonds is 5. The Balaban J connectivity index is 1.21. The maximum atomic E-state index is 6.75. The molecule has 0 atom stereocenters. The summed E-state index contributed by atoms with van der Waals surface area (Å²) in [6.07, 6.45) is 0. The second-order valence-electron chi connectivity index (χ2n) is 13.2. The van der Waals surface area contributed by atoms with Crippen molar-refractivity contribution < 1.29 is 8.83 Å². The largest absolute Gasteiger partial charge is 0.455 e. The SMILES string of the molecule is c1ccc(-c2cccc3c2oc2ccc(N(c4ccc5sc6ccccc6c5c4)c4ccc(-c5ccccc5)c5oc6ccccc6c45)cc23)cc1. The molecule has 244 valence electrons. The van der Waals surface area contributed by atoms with Gasteiger partial charge in [0.05, 0.1) is 11.1 Å². The lowest BCUT2D eigenvalue weighted by Crippen LogP contribution is -2.10. The molecule has 0 N–H and O–H groups in total. The molecule has 0 unspecified atom stereocenters. The zero-order valence-electron chi connectivity index (χ0n) is 27.9. The molecule has 0 amide bonds. The summed E-state index contributed by atoms with van der Waals surface area (Å²) in [6.45, 7) is 0. The van der Waals surface area contributed by atoms with E-state index in [1.54, 1.807) is 0 Å². The Morgan fingerprint density at radius 2 is 0.981 bits per heavy atom. The number of para-hydroxylation sites is 2. The fourth-order valence-electron chi connectivity index (χ4n) is 7.89. The van der Waals surface area contributed by atoms with Gasteiger partial charge in [-0.05, 0) is 71.8 Å². The molecule has 11 aromatic rings. The van der Waals surface area contributed by atoms with Gasteiger partial charge in [-0.1, -0.05) is 115 Å². The Hall–Kier alpha value is -6.62. The van der Waals surface area contributed by atoms with Crippen molar-refractivity contribution in [2.75, 3.05) is 4.90 Å². The molecule has 3 aromatic heterocycles. The summed E-state index contributed by atoms with van der Waals surface area (Å²) in [5, 5.41) is 6.85. The highest BCUT2D eigenvalue weighted by Gasteiger charge is 2.24. The number of anilines is 3. The molecule has 4 heteroatoms. The van der Waals surface area contributed by atoms with Crippen molar-refractivity contribution in [3.63, 3.8) is 0 Å². The Bertz CT molecular complexity index is 3130. The van der Waals surface area contributed by atoms with E-state index in [2.05, 4.69) is 169 Å². The number of hydrogen-bond acceptors (Lipinski definition) is 4. The molecule has 0 bridgehead atoms. The van der Waals surface area contributed by atoms with Gasteiger partial charge in [-0.3, -0.25) is 0 Å². The maximum absolute atomic E-state index is 6.75. The summed E-state index contributed by atoms with van der Waals surface area (Å²) in [7, 11) is 0. The first kappa shape index (κ1) is 29.1. The number of thiophene rings is 1. The topological polar surface area (TPSA) is 29.5 Å². The van der Waals surface area contributed by atoms with Crippen molar-refractivity contribution in [2.45, 2.75) is 0 Å². The van der Waals surface area contributed by atoms with E-state index < -0.39 is 0 Å². The maximum Gasteiger partial charge on any atom is 0.145 e. The lowest BCUT2D eigenvalue weighted by Gasteiger charge is -2.27. The summed E-state index contributed by atoms with van der Waals surface area (Å²) >= 11 is 1.84.